The Balaban J connectivity index is 1.99. The van der Waals surface area contributed by atoms with Gasteiger partial charge in [0, 0.05) is 43.0 Å². The molecule has 0 bridgehead atoms. The lowest BCUT2D eigenvalue weighted by Crippen LogP contribution is -2.56. The van der Waals surface area contributed by atoms with Gasteiger partial charge >= 0.3 is 11.9 Å². The van der Waals surface area contributed by atoms with Crippen LogP contribution in [0.2, 0.25) is 0 Å². The summed E-state index contributed by atoms with van der Waals surface area (Å²) in [6, 6.07) is -4.81. The third-order valence-electron chi connectivity index (χ3n) is 4.96. The summed E-state index contributed by atoms with van der Waals surface area (Å²) in [5.41, 5.74) is 6.92. The molecule has 9 N–H and O–H groups in total. The molecule has 4 unspecified atom stereocenters. The number of nitrogens with two attached hydrogens (primary N) is 1. The summed E-state index contributed by atoms with van der Waals surface area (Å²) < 4.78 is 0. The van der Waals surface area contributed by atoms with Crippen molar-refractivity contribution in [3.8, 4) is 0 Å². The fourth-order valence-electron chi connectivity index (χ4n) is 3.03. The molecule has 0 fully saturated rings. The zero-order valence-electron chi connectivity index (χ0n) is 18.9. The molecule has 2 aromatic rings. The first-order valence-electron chi connectivity index (χ1n) is 10.6. The molecular formula is C20H28N8O7. The third kappa shape index (κ3) is 8.88. The van der Waals surface area contributed by atoms with Crippen LogP contribution >= 0.6 is 0 Å². The molecule has 35 heavy (non-hydrogen) atoms. The summed E-state index contributed by atoms with van der Waals surface area (Å²) in [4.78, 5) is 73.4. The fourth-order valence-corrected chi connectivity index (χ4v) is 3.03. The van der Waals surface area contributed by atoms with Crippen molar-refractivity contribution in [1.82, 2.24) is 35.9 Å². The Hall–Kier alpha value is -4.27. The number of carbonyl (C=O) groups excluding carboxylic acids is 3. The van der Waals surface area contributed by atoms with Gasteiger partial charge in [-0.05, 0) is 13.3 Å². The third-order valence-corrected chi connectivity index (χ3v) is 4.96. The van der Waals surface area contributed by atoms with Crippen LogP contribution in [0.1, 0.15) is 31.2 Å². The van der Waals surface area contributed by atoms with E-state index in [2.05, 4.69) is 35.9 Å². The molecule has 0 spiro atoms. The molecule has 3 amide bonds. The first kappa shape index (κ1) is 27.0. The molecule has 15 nitrogen and oxygen atoms in total. The first-order chi connectivity index (χ1) is 16.6. The highest BCUT2D eigenvalue weighted by Gasteiger charge is 2.29. The number of carbonyl (C=O) groups is 5. The molecule has 0 saturated heterocycles. The van der Waals surface area contributed by atoms with Crippen LogP contribution in [0.15, 0.2) is 25.0 Å². The van der Waals surface area contributed by atoms with Gasteiger partial charge in [-0.15, -0.1) is 0 Å². The quantitative estimate of drug-likeness (QED) is 0.140. The molecule has 0 aromatic carbocycles. The molecule has 2 aromatic heterocycles. The van der Waals surface area contributed by atoms with E-state index in [1.165, 1.54) is 32.0 Å². The van der Waals surface area contributed by atoms with E-state index < -0.39 is 60.2 Å². The lowest BCUT2D eigenvalue weighted by atomic mass is 10.1. The van der Waals surface area contributed by atoms with Crippen molar-refractivity contribution in [3.63, 3.8) is 0 Å². The van der Waals surface area contributed by atoms with E-state index in [4.69, 9.17) is 10.8 Å². The van der Waals surface area contributed by atoms with Crippen molar-refractivity contribution < 1.29 is 34.2 Å². The number of imidazole rings is 2. The van der Waals surface area contributed by atoms with E-state index >= 15 is 0 Å². The van der Waals surface area contributed by atoms with E-state index in [9.17, 15) is 29.1 Å². The van der Waals surface area contributed by atoms with Crippen LogP contribution in [-0.4, -0.2) is 84.0 Å². The van der Waals surface area contributed by atoms with Crippen molar-refractivity contribution in [2.24, 2.45) is 5.73 Å². The summed E-state index contributed by atoms with van der Waals surface area (Å²) in [6.07, 6.45) is 4.96. The number of aromatic nitrogens is 4. The second-order valence-electron chi connectivity index (χ2n) is 7.79. The summed E-state index contributed by atoms with van der Waals surface area (Å²) in [5.74, 6) is -4.84. The summed E-state index contributed by atoms with van der Waals surface area (Å²) in [6.45, 7) is 1.36. The zero-order chi connectivity index (χ0) is 26.0. The number of rotatable bonds is 14. The van der Waals surface area contributed by atoms with Crippen molar-refractivity contribution in [2.45, 2.75) is 56.8 Å². The van der Waals surface area contributed by atoms with Crippen LogP contribution in [0.25, 0.3) is 0 Å². The highest BCUT2D eigenvalue weighted by Crippen LogP contribution is 2.04. The average Bonchev–Trinajstić information content (AvgIpc) is 3.49. The Labute approximate surface area is 199 Å². The number of aromatic amines is 2. The molecule has 0 radical (unpaired) electrons. The Bertz CT molecular complexity index is 1010. The molecule has 0 aliphatic heterocycles. The van der Waals surface area contributed by atoms with Crippen molar-refractivity contribution in [2.75, 3.05) is 0 Å². The van der Waals surface area contributed by atoms with Gasteiger partial charge in [-0.3, -0.25) is 19.2 Å². The van der Waals surface area contributed by atoms with Gasteiger partial charge in [0.1, 0.15) is 18.1 Å². The molecule has 0 aliphatic rings. The molecule has 190 valence electrons. The molecule has 0 aliphatic carbocycles. The van der Waals surface area contributed by atoms with Gasteiger partial charge < -0.3 is 41.9 Å². The fraction of sp³-hybridized carbons (Fsp3) is 0.450. The molecular weight excluding hydrogens is 464 g/mol. The Kier molecular flexibility index (Phi) is 9.89. The number of nitrogens with one attached hydrogen (secondary N) is 5. The number of nitrogens with zero attached hydrogens (tertiary/aromatic N) is 2. The number of carboxylic acid groups (broad SMARTS) is 2. The SMILES string of the molecule is CC(NC(=O)C(N)Cc1cnc[nH]1)C(=O)NC(CCC(=O)O)C(=O)NC(Cc1cnc[nH]1)C(=O)O. The standard InChI is InChI=1S/C20H28N8O7/c1-10(26-18(32)13(21)4-11-6-22-8-24-11)17(31)27-14(2-3-16(29)30)19(33)28-15(20(34)35)5-12-7-23-9-25-12/h6-10,13-15H,2-5,21H2,1H3,(H,22,24)(H,23,25)(H,26,32)(H,27,31)(H,28,33)(H,29,30)(H,34,35). The Morgan fingerprint density at radius 1 is 0.886 bits per heavy atom. The van der Waals surface area contributed by atoms with Gasteiger partial charge in [-0.1, -0.05) is 0 Å². The second-order valence-corrected chi connectivity index (χ2v) is 7.79. The lowest BCUT2D eigenvalue weighted by Gasteiger charge is -2.23. The van der Waals surface area contributed by atoms with Crippen molar-refractivity contribution in [1.29, 1.82) is 0 Å². The maximum absolute atomic E-state index is 12.7. The maximum Gasteiger partial charge on any atom is 0.326 e. The van der Waals surface area contributed by atoms with Gasteiger partial charge in [0.15, 0.2) is 0 Å². The van der Waals surface area contributed by atoms with Crippen LogP contribution in [0.5, 0.6) is 0 Å². The summed E-state index contributed by atoms with van der Waals surface area (Å²) in [5, 5.41) is 25.5. The minimum Gasteiger partial charge on any atom is -0.481 e. The van der Waals surface area contributed by atoms with Crippen molar-refractivity contribution >= 4 is 29.7 Å². The van der Waals surface area contributed by atoms with E-state index in [1.807, 2.05) is 0 Å². The molecule has 4 atom stereocenters. The summed E-state index contributed by atoms with van der Waals surface area (Å²) >= 11 is 0. The van der Waals surface area contributed by atoms with Crippen LogP contribution < -0.4 is 21.7 Å². The predicted molar refractivity (Wildman–Crippen MR) is 119 cm³/mol. The highest BCUT2D eigenvalue weighted by molar-refractivity contribution is 5.94. The van der Waals surface area contributed by atoms with E-state index in [-0.39, 0.29) is 19.3 Å². The molecule has 15 heteroatoms. The minimum atomic E-state index is -1.36. The first-order valence-corrected chi connectivity index (χ1v) is 10.6. The van der Waals surface area contributed by atoms with Crippen LogP contribution in [0.3, 0.4) is 0 Å². The van der Waals surface area contributed by atoms with Crippen molar-refractivity contribution in [3.05, 3.63) is 36.4 Å². The van der Waals surface area contributed by atoms with Crippen LogP contribution in [0, 0.1) is 0 Å². The average molecular weight is 492 g/mol. The Morgan fingerprint density at radius 2 is 1.46 bits per heavy atom. The largest absolute Gasteiger partial charge is 0.481 e. The summed E-state index contributed by atoms with van der Waals surface area (Å²) in [7, 11) is 0. The van der Waals surface area contributed by atoms with Gasteiger partial charge in [0.05, 0.1) is 18.7 Å². The van der Waals surface area contributed by atoms with E-state index in [1.54, 1.807) is 0 Å². The number of carboxylic acids is 2. The van der Waals surface area contributed by atoms with Gasteiger partial charge in [-0.25, -0.2) is 14.8 Å². The van der Waals surface area contributed by atoms with Gasteiger partial charge in [0.25, 0.3) is 0 Å². The number of aliphatic carboxylic acids is 2. The van der Waals surface area contributed by atoms with E-state index in [0.717, 1.165) is 0 Å². The molecule has 0 saturated carbocycles. The minimum absolute atomic E-state index is 0.110. The normalized spacial score (nSPS) is 14.2. The predicted octanol–water partition coefficient (Wildman–Crippen LogP) is -2.33. The molecule has 2 rings (SSSR count). The molecule has 2 heterocycles. The number of hydrogen-bond donors (Lipinski definition) is 8. The van der Waals surface area contributed by atoms with Gasteiger partial charge in [-0.2, -0.15) is 0 Å². The number of hydrogen-bond acceptors (Lipinski definition) is 8. The number of amides is 3. The second kappa shape index (κ2) is 12.8. The Morgan fingerprint density at radius 3 is 1.97 bits per heavy atom. The topological polar surface area (TPSA) is 245 Å². The van der Waals surface area contributed by atoms with Crippen LogP contribution in [0.4, 0.5) is 0 Å². The van der Waals surface area contributed by atoms with Gasteiger partial charge in [0.2, 0.25) is 17.7 Å². The van der Waals surface area contributed by atoms with Crippen LogP contribution in [-0.2, 0) is 36.8 Å². The smallest absolute Gasteiger partial charge is 0.326 e. The zero-order valence-corrected chi connectivity index (χ0v) is 18.9. The highest BCUT2D eigenvalue weighted by atomic mass is 16.4. The monoisotopic (exact) mass is 492 g/mol. The lowest BCUT2D eigenvalue weighted by molar-refractivity contribution is -0.143. The maximum atomic E-state index is 12.7. The van der Waals surface area contributed by atoms with E-state index in [0.29, 0.717) is 11.4 Å². The number of H-pyrrole nitrogens is 2.